The highest BCUT2D eigenvalue weighted by atomic mass is 32.2. The Kier molecular flexibility index (Phi) is 7.40. The van der Waals surface area contributed by atoms with Crippen molar-refractivity contribution < 1.29 is 33.7 Å². The first-order valence-electron chi connectivity index (χ1n) is 12.2. The Labute approximate surface area is 235 Å². The minimum absolute atomic E-state index is 0.0739. The number of β-lactam (4-membered cyclic amide) rings is 1. The van der Waals surface area contributed by atoms with Crippen LogP contribution in [-0.4, -0.2) is 63.7 Å². The molecule has 5 rings (SSSR count). The summed E-state index contributed by atoms with van der Waals surface area (Å²) in [5.41, 5.74) is 0.860. The molecule has 2 aromatic carbocycles. The largest absolute Gasteiger partial charge is 0.459 e. The van der Waals surface area contributed by atoms with Crippen LogP contribution in [0.2, 0.25) is 0 Å². The zero-order chi connectivity index (χ0) is 29.3. The summed E-state index contributed by atoms with van der Waals surface area (Å²) in [6.07, 6.45) is 1.66. The fourth-order valence-electron chi connectivity index (χ4n) is 4.64. The predicted octanol–water partition coefficient (Wildman–Crippen LogP) is 2.63. The monoisotopic (exact) mass is 582 g/mol. The molecule has 41 heavy (non-hydrogen) atoms. The molecule has 0 aliphatic carbocycles. The zero-order valence-corrected chi connectivity index (χ0v) is 22.3. The lowest BCUT2D eigenvalue weighted by Crippen LogP contribution is -2.58. The van der Waals surface area contributed by atoms with Crippen molar-refractivity contribution in [1.29, 1.82) is 0 Å². The molecule has 3 atom stereocenters. The van der Waals surface area contributed by atoms with E-state index in [1.165, 1.54) is 76.1 Å². The van der Waals surface area contributed by atoms with Gasteiger partial charge in [-0.25, -0.2) is 9.59 Å². The van der Waals surface area contributed by atoms with Crippen molar-refractivity contribution in [2.75, 3.05) is 0 Å². The molecule has 1 amide bonds. The summed E-state index contributed by atoms with van der Waals surface area (Å²) < 4.78 is 11.3. The second-order valence-corrected chi connectivity index (χ2v) is 11.3. The SMILES string of the molecule is C[C@@]1(Cn2cc(C(=O)OCc3ccc([N+](=O)[O-])cc3)nn2)S[C@H]2CC(=O)N2[C@H]1C(=O)OCc1ccc([N+](=O)[O-])cc1. The average molecular weight is 583 g/mol. The van der Waals surface area contributed by atoms with E-state index in [2.05, 4.69) is 10.3 Å². The Morgan fingerprint density at radius 1 is 1.00 bits per heavy atom. The van der Waals surface area contributed by atoms with E-state index in [1.54, 1.807) is 6.92 Å². The summed E-state index contributed by atoms with van der Waals surface area (Å²) in [6, 6.07) is 10.2. The fraction of sp³-hybridized carbons (Fsp3) is 0.320. The summed E-state index contributed by atoms with van der Waals surface area (Å²) in [6.45, 7) is 1.67. The highest BCUT2D eigenvalue weighted by Gasteiger charge is 2.61. The van der Waals surface area contributed by atoms with E-state index < -0.39 is 32.6 Å². The number of aromatic nitrogens is 3. The van der Waals surface area contributed by atoms with Crippen LogP contribution in [-0.2, 0) is 38.8 Å². The molecule has 3 heterocycles. The van der Waals surface area contributed by atoms with E-state index in [9.17, 15) is 34.6 Å². The minimum atomic E-state index is -0.932. The van der Waals surface area contributed by atoms with Gasteiger partial charge < -0.3 is 14.4 Å². The fourth-order valence-corrected chi connectivity index (χ4v) is 6.39. The van der Waals surface area contributed by atoms with E-state index >= 15 is 0 Å². The number of esters is 2. The van der Waals surface area contributed by atoms with Crippen molar-refractivity contribution in [3.63, 3.8) is 0 Å². The van der Waals surface area contributed by atoms with Gasteiger partial charge in [-0.2, -0.15) is 0 Å². The number of amides is 1. The van der Waals surface area contributed by atoms with Crippen LogP contribution in [0.4, 0.5) is 11.4 Å². The predicted molar refractivity (Wildman–Crippen MR) is 140 cm³/mol. The van der Waals surface area contributed by atoms with Gasteiger partial charge in [0.15, 0.2) is 5.69 Å². The van der Waals surface area contributed by atoms with Crippen LogP contribution >= 0.6 is 11.8 Å². The second-order valence-electron chi connectivity index (χ2n) is 9.63. The average Bonchev–Trinajstić information content (AvgIpc) is 3.50. The molecule has 212 valence electrons. The van der Waals surface area contributed by atoms with Gasteiger partial charge in [-0.1, -0.05) is 5.21 Å². The molecule has 2 saturated heterocycles. The van der Waals surface area contributed by atoms with E-state index in [1.807, 2.05) is 0 Å². The minimum Gasteiger partial charge on any atom is -0.459 e. The van der Waals surface area contributed by atoms with Crippen molar-refractivity contribution in [2.24, 2.45) is 0 Å². The normalized spacial score (nSPS) is 21.1. The number of benzene rings is 2. The molecular weight excluding hydrogens is 560 g/mol. The molecule has 0 radical (unpaired) electrons. The Bertz CT molecular complexity index is 1530. The van der Waals surface area contributed by atoms with E-state index in [0.29, 0.717) is 11.1 Å². The summed E-state index contributed by atoms with van der Waals surface area (Å²) in [7, 11) is 0. The van der Waals surface area contributed by atoms with Gasteiger partial charge in [-0.3, -0.25) is 29.7 Å². The molecule has 2 aliphatic heterocycles. The number of nitrogens with zero attached hydrogens (tertiary/aromatic N) is 6. The van der Waals surface area contributed by atoms with Crippen LogP contribution in [0.5, 0.6) is 0 Å². The number of ether oxygens (including phenoxy) is 2. The number of rotatable bonds is 10. The van der Waals surface area contributed by atoms with Crippen molar-refractivity contribution in [1.82, 2.24) is 19.9 Å². The van der Waals surface area contributed by atoms with Gasteiger partial charge in [0.25, 0.3) is 11.4 Å². The maximum atomic E-state index is 13.2. The summed E-state index contributed by atoms with van der Waals surface area (Å²) >= 11 is 1.43. The lowest BCUT2D eigenvalue weighted by molar-refractivity contribution is -0.385. The van der Waals surface area contributed by atoms with Gasteiger partial charge in [0.1, 0.15) is 19.3 Å². The first-order chi connectivity index (χ1) is 19.5. The van der Waals surface area contributed by atoms with Crippen LogP contribution in [0.1, 0.15) is 35.0 Å². The number of non-ortho nitro benzene ring substituents is 2. The van der Waals surface area contributed by atoms with Crippen molar-refractivity contribution in [3.8, 4) is 0 Å². The lowest BCUT2D eigenvalue weighted by Gasteiger charge is -2.37. The molecule has 2 aliphatic rings. The molecule has 0 N–H and O–H groups in total. The number of fused-ring (bicyclic) bond motifs is 1. The number of carbonyl (C=O) groups excluding carboxylic acids is 3. The molecule has 0 spiro atoms. The molecule has 16 heteroatoms. The van der Waals surface area contributed by atoms with Gasteiger partial charge in [0, 0.05) is 24.3 Å². The van der Waals surface area contributed by atoms with Crippen LogP contribution in [0.25, 0.3) is 0 Å². The van der Waals surface area contributed by atoms with Crippen LogP contribution in [0, 0.1) is 20.2 Å². The third kappa shape index (κ3) is 5.72. The lowest BCUT2D eigenvalue weighted by atomic mass is 9.96. The Balaban J connectivity index is 1.23. The Hall–Kier alpha value is -4.86. The molecule has 1 aromatic heterocycles. The molecule has 0 unspecified atom stereocenters. The van der Waals surface area contributed by atoms with E-state index in [0.717, 1.165) is 0 Å². The topological polar surface area (TPSA) is 190 Å². The smallest absolute Gasteiger partial charge is 0.360 e. The number of carbonyl (C=O) groups is 3. The van der Waals surface area contributed by atoms with E-state index in [-0.39, 0.29) is 54.5 Å². The Morgan fingerprint density at radius 3 is 2.10 bits per heavy atom. The van der Waals surface area contributed by atoms with Gasteiger partial charge in [0.05, 0.1) is 39.1 Å². The number of thioether (sulfide) groups is 1. The standard InChI is InChI=1S/C25H22N6O9S/c1-25(14-28-11-19(26-27-28)23(33)39-12-15-2-6-17(7-3-15)30(35)36)22(29-20(32)10-21(29)41-25)24(34)40-13-16-4-8-18(9-5-16)31(37)38/h2-9,11,21-22H,10,12-14H2,1H3/t21-,22-,25-/m0/s1. The van der Waals surface area contributed by atoms with Crippen LogP contribution in [0.15, 0.2) is 54.7 Å². The van der Waals surface area contributed by atoms with E-state index in [4.69, 9.17) is 9.47 Å². The maximum Gasteiger partial charge on any atom is 0.360 e. The molecule has 3 aromatic rings. The molecule has 2 fully saturated rings. The third-order valence-corrected chi connectivity index (χ3v) is 8.26. The maximum absolute atomic E-state index is 13.2. The first-order valence-corrected chi connectivity index (χ1v) is 13.1. The quantitative estimate of drug-likeness (QED) is 0.147. The van der Waals surface area contributed by atoms with Crippen molar-refractivity contribution in [2.45, 2.75) is 49.3 Å². The molecule has 0 saturated carbocycles. The highest BCUT2D eigenvalue weighted by Crippen LogP contribution is 2.52. The number of hydrogen-bond donors (Lipinski definition) is 0. The Morgan fingerprint density at radius 2 is 1.56 bits per heavy atom. The first kappa shape index (κ1) is 27.7. The van der Waals surface area contributed by atoms with Crippen molar-refractivity contribution >= 4 is 41.0 Å². The molecular formula is C25H22N6O9S. The number of nitro groups is 2. The van der Waals surface area contributed by atoms with Crippen LogP contribution in [0.3, 0.4) is 0 Å². The summed E-state index contributed by atoms with van der Waals surface area (Å²) in [5, 5.41) is 29.3. The van der Waals surface area contributed by atoms with Crippen molar-refractivity contribution in [3.05, 3.63) is 91.8 Å². The highest BCUT2D eigenvalue weighted by molar-refractivity contribution is 8.01. The molecule has 15 nitrogen and oxygen atoms in total. The zero-order valence-electron chi connectivity index (χ0n) is 21.4. The van der Waals surface area contributed by atoms with Crippen LogP contribution < -0.4 is 0 Å². The van der Waals surface area contributed by atoms with Gasteiger partial charge in [-0.15, -0.1) is 16.9 Å². The summed E-state index contributed by atoms with van der Waals surface area (Å²) in [4.78, 5) is 60.2. The van der Waals surface area contributed by atoms with Gasteiger partial charge in [-0.05, 0) is 42.3 Å². The second kappa shape index (κ2) is 11.0. The third-order valence-electron chi connectivity index (χ3n) is 6.70. The van der Waals surface area contributed by atoms with Gasteiger partial charge in [0.2, 0.25) is 5.91 Å². The van der Waals surface area contributed by atoms with Gasteiger partial charge >= 0.3 is 11.9 Å². The number of nitro benzene ring substituents is 2. The summed E-state index contributed by atoms with van der Waals surface area (Å²) in [5.74, 6) is -1.56. The molecule has 0 bridgehead atoms. The number of hydrogen-bond acceptors (Lipinski definition) is 12.